The standard InChI is InChI=1S/C24H38N2O6/c1-18-9-4-5-10-20(18)15-23(29)25-11-6-7-14-32-17-21(28)24(30)22(31-3)16-26(19(2)27)13-8-12-25/h4-5,9-10,21-22,24,28,30H,6-8,11-17H2,1-3H3/t21-,22-,24-/m0/s1. The molecule has 0 spiro atoms. The second kappa shape index (κ2) is 13.5. The molecule has 0 bridgehead atoms. The summed E-state index contributed by atoms with van der Waals surface area (Å²) in [7, 11) is 1.44. The van der Waals surface area contributed by atoms with Crippen molar-refractivity contribution in [2.45, 2.75) is 57.8 Å². The molecule has 2 amide bonds. The smallest absolute Gasteiger partial charge is 0.227 e. The van der Waals surface area contributed by atoms with Crippen LogP contribution in [-0.2, 0) is 25.5 Å². The fraction of sp³-hybridized carbons (Fsp3) is 0.667. The highest BCUT2D eigenvalue weighted by molar-refractivity contribution is 5.79. The minimum absolute atomic E-state index is 0.0168. The van der Waals surface area contributed by atoms with Gasteiger partial charge in [0, 0.05) is 46.8 Å². The van der Waals surface area contributed by atoms with Crippen LogP contribution in [0.4, 0.5) is 0 Å². The molecule has 1 saturated heterocycles. The predicted octanol–water partition coefficient (Wildman–Crippen LogP) is 1.15. The minimum atomic E-state index is -1.17. The predicted molar refractivity (Wildman–Crippen MR) is 121 cm³/mol. The first-order valence-electron chi connectivity index (χ1n) is 11.4. The van der Waals surface area contributed by atoms with Crippen LogP contribution in [0.15, 0.2) is 24.3 Å². The van der Waals surface area contributed by atoms with Crippen LogP contribution < -0.4 is 0 Å². The maximum Gasteiger partial charge on any atom is 0.227 e. The number of benzene rings is 1. The van der Waals surface area contributed by atoms with Crippen molar-refractivity contribution in [2.75, 3.05) is 46.5 Å². The molecule has 1 aromatic carbocycles. The lowest BCUT2D eigenvalue weighted by Crippen LogP contribution is -2.48. The highest BCUT2D eigenvalue weighted by Gasteiger charge is 2.29. The van der Waals surface area contributed by atoms with Crippen molar-refractivity contribution in [2.24, 2.45) is 0 Å². The number of methoxy groups -OCH3 is 1. The molecule has 0 saturated carbocycles. The third-order valence-electron chi connectivity index (χ3n) is 5.99. The average Bonchev–Trinajstić information content (AvgIpc) is 2.77. The van der Waals surface area contributed by atoms with Gasteiger partial charge in [0.15, 0.2) is 0 Å². The van der Waals surface area contributed by atoms with Crippen molar-refractivity contribution in [3.8, 4) is 0 Å². The number of carbonyl (C=O) groups excluding carboxylic acids is 2. The molecule has 0 radical (unpaired) electrons. The second-order valence-corrected chi connectivity index (χ2v) is 8.42. The zero-order valence-corrected chi connectivity index (χ0v) is 19.5. The molecule has 1 fully saturated rings. The molecule has 0 unspecified atom stereocenters. The summed E-state index contributed by atoms with van der Waals surface area (Å²) in [6.07, 6.45) is -0.528. The van der Waals surface area contributed by atoms with Crippen molar-refractivity contribution >= 4 is 11.8 Å². The Balaban J connectivity index is 2.09. The third kappa shape index (κ3) is 8.16. The van der Waals surface area contributed by atoms with Gasteiger partial charge in [-0.25, -0.2) is 0 Å². The van der Waals surface area contributed by atoms with E-state index in [1.54, 1.807) is 4.90 Å². The number of aryl methyl sites for hydroxylation is 1. The fourth-order valence-electron chi connectivity index (χ4n) is 3.87. The molecule has 180 valence electrons. The minimum Gasteiger partial charge on any atom is -0.388 e. The number of nitrogens with zero attached hydrogens (tertiary/aromatic N) is 2. The van der Waals surface area contributed by atoms with Gasteiger partial charge < -0.3 is 29.5 Å². The molecule has 32 heavy (non-hydrogen) atoms. The molecule has 3 atom stereocenters. The Labute approximate surface area is 191 Å². The molecule has 0 aromatic heterocycles. The Kier molecular flexibility index (Phi) is 11.1. The number of hydrogen-bond acceptors (Lipinski definition) is 6. The average molecular weight is 451 g/mol. The lowest BCUT2D eigenvalue weighted by atomic mass is 10.1. The van der Waals surface area contributed by atoms with E-state index in [0.717, 1.165) is 24.0 Å². The Hall–Kier alpha value is -2.00. The van der Waals surface area contributed by atoms with Crippen LogP contribution in [0.5, 0.6) is 0 Å². The van der Waals surface area contributed by atoms with Gasteiger partial charge in [0.1, 0.15) is 18.3 Å². The van der Waals surface area contributed by atoms with E-state index in [1.165, 1.54) is 14.0 Å². The monoisotopic (exact) mass is 450 g/mol. The van der Waals surface area contributed by atoms with Crippen LogP contribution in [0.25, 0.3) is 0 Å². The van der Waals surface area contributed by atoms with E-state index in [2.05, 4.69) is 0 Å². The third-order valence-corrected chi connectivity index (χ3v) is 5.99. The molecule has 2 rings (SSSR count). The first-order chi connectivity index (χ1) is 15.3. The lowest BCUT2D eigenvalue weighted by molar-refractivity contribution is -0.136. The number of amides is 2. The Morgan fingerprint density at radius 1 is 1.09 bits per heavy atom. The number of hydrogen-bond donors (Lipinski definition) is 2. The SMILES string of the molecule is CO[C@H]1CN(C(C)=O)CCCN(C(=O)Cc2ccccc2C)CCCCOC[C@H](O)[C@@H]1O. The summed E-state index contributed by atoms with van der Waals surface area (Å²) >= 11 is 0. The molecular formula is C24H38N2O6. The number of aliphatic hydroxyl groups excluding tert-OH is 2. The Morgan fingerprint density at radius 3 is 2.47 bits per heavy atom. The normalized spacial score (nSPS) is 24.5. The summed E-state index contributed by atoms with van der Waals surface area (Å²) in [5.41, 5.74) is 2.12. The van der Waals surface area contributed by atoms with E-state index < -0.39 is 18.3 Å². The van der Waals surface area contributed by atoms with Gasteiger partial charge in [0.05, 0.1) is 13.0 Å². The van der Waals surface area contributed by atoms with E-state index in [4.69, 9.17) is 9.47 Å². The van der Waals surface area contributed by atoms with Gasteiger partial charge in [-0.1, -0.05) is 24.3 Å². The maximum absolute atomic E-state index is 13.0. The summed E-state index contributed by atoms with van der Waals surface area (Å²) in [5.74, 6) is -0.0772. The van der Waals surface area contributed by atoms with E-state index in [1.807, 2.05) is 36.1 Å². The number of rotatable bonds is 3. The first-order valence-corrected chi connectivity index (χ1v) is 11.4. The topological polar surface area (TPSA) is 99.5 Å². The molecule has 8 heteroatoms. The largest absolute Gasteiger partial charge is 0.388 e. The fourth-order valence-corrected chi connectivity index (χ4v) is 3.87. The van der Waals surface area contributed by atoms with Gasteiger partial charge in [0.2, 0.25) is 11.8 Å². The zero-order chi connectivity index (χ0) is 23.5. The number of aliphatic hydroxyl groups is 2. The molecule has 1 aliphatic rings. The van der Waals surface area contributed by atoms with Gasteiger partial charge in [-0.2, -0.15) is 0 Å². The van der Waals surface area contributed by atoms with Crippen molar-refractivity contribution in [3.05, 3.63) is 35.4 Å². The lowest BCUT2D eigenvalue weighted by Gasteiger charge is -2.31. The van der Waals surface area contributed by atoms with Crippen LogP contribution in [0.1, 0.15) is 37.3 Å². The van der Waals surface area contributed by atoms with Crippen LogP contribution in [0, 0.1) is 6.92 Å². The quantitative estimate of drug-likeness (QED) is 0.717. The van der Waals surface area contributed by atoms with Crippen molar-refractivity contribution in [1.82, 2.24) is 9.80 Å². The van der Waals surface area contributed by atoms with Crippen LogP contribution in [-0.4, -0.2) is 96.6 Å². The summed E-state index contributed by atoms with van der Waals surface area (Å²) in [6, 6.07) is 7.89. The molecule has 8 nitrogen and oxygen atoms in total. The van der Waals surface area contributed by atoms with Crippen molar-refractivity contribution in [1.29, 1.82) is 0 Å². The number of ether oxygens (including phenoxy) is 2. The molecule has 1 aliphatic heterocycles. The van der Waals surface area contributed by atoms with Crippen LogP contribution in [0.3, 0.4) is 0 Å². The molecule has 1 heterocycles. The maximum atomic E-state index is 13.0. The zero-order valence-electron chi connectivity index (χ0n) is 19.5. The van der Waals surface area contributed by atoms with E-state index >= 15 is 0 Å². The van der Waals surface area contributed by atoms with Gasteiger partial charge >= 0.3 is 0 Å². The van der Waals surface area contributed by atoms with Gasteiger partial charge in [0.25, 0.3) is 0 Å². The molecule has 2 N–H and O–H groups in total. The molecular weight excluding hydrogens is 412 g/mol. The Bertz CT molecular complexity index is 728. The van der Waals surface area contributed by atoms with Gasteiger partial charge in [-0.05, 0) is 37.3 Å². The van der Waals surface area contributed by atoms with E-state index in [9.17, 15) is 19.8 Å². The van der Waals surface area contributed by atoms with Crippen molar-refractivity contribution in [3.63, 3.8) is 0 Å². The summed E-state index contributed by atoms with van der Waals surface area (Å²) < 4.78 is 10.9. The van der Waals surface area contributed by atoms with E-state index in [0.29, 0.717) is 39.1 Å². The summed E-state index contributed by atoms with van der Waals surface area (Å²) in [6.45, 7) is 5.62. The van der Waals surface area contributed by atoms with Crippen LogP contribution in [0.2, 0.25) is 0 Å². The van der Waals surface area contributed by atoms with Gasteiger partial charge in [-0.3, -0.25) is 9.59 Å². The summed E-state index contributed by atoms with van der Waals surface area (Å²) in [5, 5.41) is 20.7. The summed E-state index contributed by atoms with van der Waals surface area (Å²) in [4.78, 5) is 28.7. The van der Waals surface area contributed by atoms with Gasteiger partial charge in [-0.15, -0.1) is 0 Å². The van der Waals surface area contributed by atoms with Crippen LogP contribution >= 0.6 is 0 Å². The van der Waals surface area contributed by atoms with Crippen molar-refractivity contribution < 1.29 is 29.3 Å². The molecule has 0 aliphatic carbocycles. The Morgan fingerprint density at radius 2 is 1.78 bits per heavy atom. The second-order valence-electron chi connectivity index (χ2n) is 8.42. The highest BCUT2D eigenvalue weighted by Crippen LogP contribution is 2.13. The number of carbonyl (C=O) groups is 2. The highest BCUT2D eigenvalue weighted by atomic mass is 16.5. The first kappa shape index (κ1) is 26.3. The molecule has 1 aromatic rings. The van der Waals surface area contributed by atoms with E-state index in [-0.39, 0.29) is 25.0 Å².